The molecular weight excluding hydrogens is 262 g/mol. The second-order valence-corrected chi connectivity index (χ2v) is 5.08. The van der Waals surface area contributed by atoms with Gasteiger partial charge in [-0.05, 0) is 32.0 Å². The molecule has 2 rings (SSSR count). The highest BCUT2D eigenvalue weighted by molar-refractivity contribution is 6.00. The van der Waals surface area contributed by atoms with Crippen LogP contribution < -0.4 is 4.90 Å². The number of rotatable bonds is 6. The Bertz CT molecular complexity index is 652. The summed E-state index contributed by atoms with van der Waals surface area (Å²) in [7, 11) is 0. The third-order valence-corrected chi connectivity index (χ3v) is 3.40. The lowest BCUT2D eigenvalue weighted by atomic mass is 10.1. The standard InChI is InChI=1S/C17H19N3O/c1-13-11-16(14(2)19-13)17(21)12-20(10-6-9-18)15-7-4-3-5-8-15/h3-5,7-8,11,19H,6,10,12H2,1-2H3. The normalized spacial score (nSPS) is 10.1. The number of anilines is 1. The average molecular weight is 281 g/mol. The number of nitrogens with one attached hydrogen (secondary N) is 1. The molecular formula is C17H19N3O. The van der Waals surface area contributed by atoms with E-state index in [2.05, 4.69) is 11.1 Å². The van der Waals surface area contributed by atoms with Crippen LogP contribution in [0.15, 0.2) is 36.4 Å². The second-order valence-electron chi connectivity index (χ2n) is 5.08. The van der Waals surface area contributed by atoms with Gasteiger partial charge in [0.1, 0.15) is 0 Å². The molecule has 0 saturated heterocycles. The minimum atomic E-state index is 0.0682. The first kappa shape index (κ1) is 14.9. The quantitative estimate of drug-likeness (QED) is 0.827. The number of carbonyl (C=O) groups is 1. The maximum atomic E-state index is 12.5. The van der Waals surface area contributed by atoms with Crippen molar-refractivity contribution in [2.45, 2.75) is 20.3 Å². The van der Waals surface area contributed by atoms with E-state index in [1.54, 1.807) is 0 Å². The monoisotopic (exact) mass is 281 g/mol. The SMILES string of the molecule is Cc1cc(C(=O)CN(CCC#N)c2ccccc2)c(C)[nH]1. The number of H-pyrrole nitrogens is 1. The van der Waals surface area contributed by atoms with Gasteiger partial charge in [0, 0.05) is 29.2 Å². The summed E-state index contributed by atoms with van der Waals surface area (Å²) in [6.45, 7) is 4.68. The van der Waals surface area contributed by atoms with Crippen molar-refractivity contribution in [2.75, 3.05) is 18.0 Å². The Morgan fingerprint density at radius 3 is 2.57 bits per heavy atom. The summed E-state index contributed by atoms with van der Waals surface area (Å²) < 4.78 is 0. The number of nitrogens with zero attached hydrogens (tertiary/aromatic N) is 2. The Hall–Kier alpha value is -2.54. The molecule has 2 aromatic rings. The van der Waals surface area contributed by atoms with Crippen molar-refractivity contribution in [3.63, 3.8) is 0 Å². The molecule has 0 spiro atoms. The Labute approximate surface area is 125 Å². The van der Waals surface area contributed by atoms with Gasteiger partial charge in [0.05, 0.1) is 19.0 Å². The molecule has 0 aliphatic rings. The molecule has 0 bridgehead atoms. The second kappa shape index (κ2) is 6.76. The molecule has 0 atom stereocenters. The summed E-state index contributed by atoms with van der Waals surface area (Å²) >= 11 is 0. The molecule has 4 heteroatoms. The summed E-state index contributed by atoms with van der Waals surface area (Å²) in [5.41, 5.74) is 3.57. The van der Waals surface area contributed by atoms with Crippen molar-refractivity contribution in [3.05, 3.63) is 53.3 Å². The number of para-hydroxylation sites is 1. The van der Waals surface area contributed by atoms with Crippen molar-refractivity contribution in [3.8, 4) is 6.07 Å². The van der Waals surface area contributed by atoms with Crippen LogP contribution >= 0.6 is 0 Å². The number of nitriles is 1. The van der Waals surface area contributed by atoms with Crippen molar-refractivity contribution in [1.82, 2.24) is 4.98 Å². The van der Waals surface area contributed by atoms with E-state index in [1.807, 2.05) is 55.1 Å². The molecule has 0 saturated carbocycles. The van der Waals surface area contributed by atoms with Gasteiger partial charge in [0.2, 0.25) is 0 Å². The zero-order valence-electron chi connectivity index (χ0n) is 12.4. The molecule has 0 amide bonds. The Morgan fingerprint density at radius 1 is 1.29 bits per heavy atom. The van der Waals surface area contributed by atoms with E-state index in [0.29, 0.717) is 13.0 Å². The molecule has 0 unspecified atom stereocenters. The molecule has 1 aromatic carbocycles. The number of aryl methyl sites for hydroxylation is 2. The molecule has 108 valence electrons. The van der Waals surface area contributed by atoms with Crippen LogP contribution in [0, 0.1) is 25.2 Å². The summed E-state index contributed by atoms with van der Waals surface area (Å²) in [6.07, 6.45) is 0.396. The van der Waals surface area contributed by atoms with Gasteiger partial charge in [-0.25, -0.2) is 0 Å². The lowest BCUT2D eigenvalue weighted by Crippen LogP contribution is -2.30. The van der Waals surface area contributed by atoms with Gasteiger partial charge >= 0.3 is 0 Å². The Balaban J connectivity index is 2.17. The number of carbonyl (C=O) groups excluding carboxylic acids is 1. The minimum Gasteiger partial charge on any atom is -0.363 e. The summed E-state index contributed by atoms with van der Waals surface area (Å²) in [6, 6.07) is 13.7. The molecule has 0 fully saturated rings. The molecule has 0 aliphatic heterocycles. The van der Waals surface area contributed by atoms with Crippen LogP contribution in [0.5, 0.6) is 0 Å². The summed E-state index contributed by atoms with van der Waals surface area (Å²) in [5, 5.41) is 8.79. The van der Waals surface area contributed by atoms with Crippen LogP contribution in [-0.2, 0) is 0 Å². The Kier molecular flexibility index (Phi) is 4.78. The zero-order chi connectivity index (χ0) is 15.2. The number of benzene rings is 1. The fraction of sp³-hybridized carbons (Fsp3) is 0.294. The number of hydrogen-bond donors (Lipinski definition) is 1. The van der Waals surface area contributed by atoms with E-state index >= 15 is 0 Å². The molecule has 1 N–H and O–H groups in total. The lowest BCUT2D eigenvalue weighted by molar-refractivity contribution is 0.0998. The largest absolute Gasteiger partial charge is 0.363 e. The van der Waals surface area contributed by atoms with Crippen molar-refractivity contribution >= 4 is 11.5 Å². The highest BCUT2D eigenvalue weighted by Crippen LogP contribution is 2.16. The van der Waals surface area contributed by atoms with Gasteiger partial charge in [-0.1, -0.05) is 18.2 Å². The maximum Gasteiger partial charge on any atom is 0.183 e. The van der Waals surface area contributed by atoms with Crippen LogP contribution in [-0.4, -0.2) is 23.9 Å². The molecule has 1 heterocycles. The summed E-state index contributed by atoms with van der Waals surface area (Å²) in [5.74, 6) is 0.0682. The van der Waals surface area contributed by atoms with E-state index in [0.717, 1.165) is 22.6 Å². The lowest BCUT2D eigenvalue weighted by Gasteiger charge is -2.23. The van der Waals surface area contributed by atoms with Crippen LogP contribution in [0.3, 0.4) is 0 Å². The topological polar surface area (TPSA) is 59.9 Å². The van der Waals surface area contributed by atoms with E-state index in [4.69, 9.17) is 5.26 Å². The first-order valence-electron chi connectivity index (χ1n) is 6.98. The number of hydrogen-bond acceptors (Lipinski definition) is 3. The van der Waals surface area contributed by atoms with Crippen LogP contribution in [0.2, 0.25) is 0 Å². The highest BCUT2D eigenvalue weighted by Gasteiger charge is 2.16. The van der Waals surface area contributed by atoms with Gasteiger partial charge < -0.3 is 9.88 Å². The van der Waals surface area contributed by atoms with E-state index < -0.39 is 0 Å². The van der Waals surface area contributed by atoms with Crippen molar-refractivity contribution in [1.29, 1.82) is 5.26 Å². The summed E-state index contributed by atoms with van der Waals surface area (Å²) in [4.78, 5) is 17.6. The van der Waals surface area contributed by atoms with Gasteiger partial charge in [0.15, 0.2) is 5.78 Å². The predicted octanol–water partition coefficient (Wildman–Crippen LogP) is 3.23. The highest BCUT2D eigenvalue weighted by atomic mass is 16.1. The smallest absolute Gasteiger partial charge is 0.183 e. The fourth-order valence-electron chi connectivity index (χ4n) is 2.40. The molecule has 0 radical (unpaired) electrons. The number of Topliss-reactive ketones (excluding diaryl/α,β-unsaturated/α-hetero) is 1. The third-order valence-electron chi connectivity index (χ3n) is 3.40. The Morgan fingerprint density at radius 2 is 2.00 bits per heavy atom. The van der Waals surface area contributed by atoms with Crippen molar-refractivity contribution < 1.29 is 4.79 Å². The first-order chi connectivity index (χ1) is 10.1. The molecule has 4 nitrogen and oxygen atoms in total. The van der Waals surface area contributed by atoms with Crippen molar-refractivity contribution in [2.24, 2.45) is 0 Å². The number of aromatic amines is 1. The molecule has 0 aliphatic carbocycles. The van der Waals surface area contributed by atoms with E-state index in [-0.39, 0.29) is 12.3 Å². The first-order valence-corrected chi connectivity index (χ1v) is 6.98. The van der Waals surface area contributed by atoms with Gasteiger partial charge in [0.25, 0.3) is 0 Å². The third kappa shape index (κ3) is 3.73. The van der Waals surface area contributed by atoms with Crippen LogP contribution in [0.4, 0.5) is 5.69 Å². The predicted molar refractivity (Wildman–Crippen MR) is 83.5 cm³/mol. The molecule has 1 aromatic heterocycles. The number of ketones is 1. The fourth-order valence-corrected chi connectivity index (χ4v) is 2.40. The van der Waals surface area contributed by atoms with E-state index in [1.165, 1.54) is 0 Å². The van der Waals surface area contributed by atoms with Crippen LogP contribution in [0.1, 0.15) is 28.2 Å². The zero-order valence-corrected chi connectivity index (χ0v) is 12.4. The van der Waals surface area contributed by atoms with Gasteiger partial charge in [-0.15, -0.1) is 0 Å². The van der Waals surface area contributed by atoms with Crippen LogP contribution in [0.25, 0.3) is 0 Å². The number of aromatic nitrogens is 1. The van der Waals surface area contributed by atoms with Gasteiger partial charge in [-0.2, -0.15) is 5.26 Å². The maximum absolute atomic E-state index is 12.5. The van der Waals surface area contributed by atoms with Gasteiger partial charge in [-0.3, -0.25) is 4.79 Å². The average Bonchev–Trinajstić information content (AvgIpc) is 2.83. The minimum absolute atomic E-state index is 0.0682. The van der Waals surface area contributed by atoms with E-state index in [9.17, 15) is 4.79 Å². The molecule has 21 heavy (non-hydrogen) atoms.